The Morgan fingerprint density at radius 2 is 2.25 bits per heavy atom. The molecule has 0 radical (unpaired) electrons. The molecule has 0 spiro atoms. The number of carbonyl (C=O) groups excluding carboxylic acids is 1. The van der Waals surface area contributed by atoms with Crippen LogP contribution in [0.4, 0.5) is 0 Å². The molecule has 1 aliphatic rings. The van der Waals surface area contributed by atoms with Gasteiger partial charge in [-0.05, 0) is 33.2 Å². The van der Waals surface area contributed by atoms with E-state index in [1.807, 2.05) is 0 Å². The molecule has 0 aromatic rings. The minimum atomic E-state index is -0.206. The number of nitrogens with one attached hydrogen (secondary N) is 1. The lowest BCUT2D eigenvalue weighted by Crippen LogP contribution is -2.46. The Hall–Kier alpha value is -0.610. The Morgan fingerprint density at radius 3 is 2.75 bits per heavy atom. The van der Waals surface area contributed by atoms with Crippen LogP contribution in [0.1, 0.15) is 39.5 Å². The first-order valence-corrected chi connectivity index (χ1v) is 6.35. The number of hydrogen-bond acceptors (Lipinski definition) is 3. The third-order valence-corrected chi connectivity index (χ3v) is 3.24. The minimum absolute atomic E-state index is 0.206. The number of nitrogens with zero attached hydrogens (tertiary/aromatic N) is 1. The second kappa shape index (κ2) is 6.86. The van der Waals surface area contributed by atoms with Gasteiger partial charge in [0.05, 0.1) is 0 Å². The molecule has 4 heteroatoms. The van der Waals surface area contributed by atoms with E-state index in [0.717, 1.165) is 19.6 Å². The van der Waals surface area contributed by atoms with Crippen molar-refractivity contribution in [1.29, 1.82) is 0 Å². The van der Waals surface area contributed by atoms with Gasteiger partial charge in [0, 0.05) is 31.6 Å². The van der Waals surface area contributed by atoms with E-state index in [1.54, 1.807) is 0 Å². The largest absolute Gasteiger partial charge is 0.370 e. The Kier molecular flexibility index (Phi) is 5.77. The third-order valence-electron chi connectivity index (χ3n) is 3.24. The van der Waals surface area contributed by atoms with Crippen LogP contribution in [0.5, 0.6) is 0 Å². The van der Waals surface area contributed by atoms with Crippen molar-refractivity contribution in [2.24, 2.45) is 5.73 Å². The molecule has 1 aliphatic heterocycles. The highest BCUT2D eigenvalue weighted by Gasteiger charge is 2.18. The number of nitrogens with two attached hydrogens (primary N) is 1. The van der Waals surface area contributed by atoms with Crippen molar-refractivity contribution in [2.45, 2.75) is 51.6 Å². The molecule has 0 bridgehead atoms. The fraction of sp³-hybridized carbons (Fsp3) is 0.917. The summed E-state index contributed by atoms with van der Waals surface area (Å²) in [5.74, 6) is -0.206. The molecule has 1 atom stereocenters. The predicted octanol–water partition coefficient (Wildman–Crippen LogP) is 0.714. The third kappa shape index (κ3) is 4.94. The molecule has 0 aromatic carbocycles. The maximum Gasteiger partial charge on any atom is 0.218 e. The highest BCUT2D eigenvalue weighted by atomic mass is 16.1. The lowest BCUT2D eigenvalue weighted by Gasteiger charge is -2.32. The van der Waals surface area contributed by atoms with Crippen LogP contribution in [-0.4, -0.2) is 42.5 Å². The smallest absolute Gasteiger partial charge is 0.218 e. The fourth-order valence-corrected chi connectivity index (χ4v) is 2.18. The van der Waals surface area contributed by atoms with Crippen LogP contribution in [-0.2, 0) is 4.79 Å². The van der Waals surface area contributed by atoms with Gasteiger partial charge in [0.15, 0.2) is 0 Å². The monoisotopic (exact) mass is 227 g/mol. The zero-order chi connectivity index (χ0) is 12.0. The molecule has 1 saturated heterocycles. The Labute approximate surface area is 98.6 Å². The molecule has 1 heterocycles. The van der Waals surface area contributed by atoms with Crippen LogP contribution in [0.2, 0.25) is 0 Å². The molecule has 0 saturated carbocycles. The molecule has 0 aromatic heterocycles. The molecule has 4 nitrogen and oxygen atoms in total. The molecule has 94 valence electrons. The van der Waals surface area contributed by atoms with E-state index < -0.39 is 0 Å². The SMILES string of the molecule is CC(C)N(CCC(N)=O)CC1CCCCN1. The fourth-order valence-electron chi connectivity index (χ4n) is 2.18. The first kappa shape index (κ1) is 13.5. The van der Waals surface area contributed by atoms with E-state index in [0.29, 0.717) is 18.5 Å². The van der Waals surface area contributed by atoms with Gasteiger partial charge >= 0.3 is 0 Å². The molecule has 1 rings (SSSR count). The topological polar surface area (TPSA) is 58.4 Å². The van der Waals surface area contributed by atoms with Crippen LogP contribution in [0, 0.1) is 0 Å². The maximum absolute atomic E-state index is 10.8. The molecule has 16 heavy (non-hydrogen) atoms. The Bertz CT molecular complexity index is 212. The summed E-state index contributed by atoms with van der Waals surface area (Å²) >= 11 is 0. The van der Waals surface area contributed by atoms with Crippen molar-refractivity contribution in [1.82, 2.24) is 10.2 Å². The number of amides is 1. The van der Waals surface area contributed by atoms with Crippen LogP contribution >= 0.6 is 0 Å². The van der Waals surface area contributed by atoms with Gasteiger partial charge < -0.3 is 11.1 Å². The van der Waals surface area contributed by atoms with E-state index in [9.17, 15) is 4.79 Å². The van der Waals surface area contributed by atoms with Crippen molar-refractivity contribution < 1.29 is 4.79 Å². The number of primary amides is 1. The first-order chi connectivity index (χ1) is 7.59. The molecule has 1 unspecified atom stereocenters. The molecular weight excluding hydrogens is 202 g/mol. The summed E-state index contributed by atoms with van der Waals surface area (Å²) in [4.78, 5) is 13.1. The lowest BCUT2D eigenvalue weighted by atomic mass is 10.0. The van der Waals surface area contributed by atoms with Gasteiger partial charge in [-0.25, -0.2) is 0 Å². The highest BCUT2D eigenvalue weighted by molar-refractivity contribution is 5.73. The van der Waals surface area contributed by atoms with E-state index in [4.69, 9.17) is 5.73 Å². The van der Waals surface area contributed by atoms with Gasteiger partial charge in [0.2, 0.25) is 5.91 Å². The normalized spacial score (nSPS) is 21.6. The Balaban J connectivity index is 2.34. The van der Waals surface area contributed by atoms with Gasteiger partial charge in [-0.15, -0.1) is 0 Å². The Morgan fingerprint density at radius 1 is 1.50 bits per heavy atom. The van der Waals surface area contributed by atoms with Gasteiger partial charge in [-0.3, -0.25) is 9.69 Å². The van der Waals surface area contributed by atoms with Crippen molar-refractivity contribution in [3.63, 3.8) is 0 Å². The summed E-state index contributed by atoms with van der Waals surface area (Å²) in [6.45, 7) is 7.29. The zero-order valence-electron chi connectivity index (χ0n) is 10.5. The number of piperidine rings is 1. The summed E-state index contributed by atoms with van der Waals surface area (Å²) in [5, 5.41) is 3.53. The molecule has 1 amide bonds. The van der Waals surface area contributed by atoms with E-state index >= 15 is 0 Å². The molecule has 3 N–H and O–H groups in total. The standard InChI is InChI=1S/C12H25N3O/c1-10(2)15(8-6-12(13)16)9-11-5-3-4-7-14-11/h10-11,14H,3-9H2,1-2H3,(H2,13,16). The predicted molar refractivity (Wildman–Crippen MR) is 66.2 cm³/mol. The van der Waals surface area contributed by atoms with Crippen LogP contribution in [0.15, 0.2) is 0 Å². The average molecular weight is 227 g/mol. The summed E-state index contributed by atoms with van der Waals surface area (Å²) in [5.41, 5.74) is 5.19. The second-order valence-corrected chi connectivity index (χ2v) is 4.95. The lowest BCUT2D eigenvalue weighted by molar-refractivity contribution is -0.118. The van der Waals surface area contributed by atoms with Gasteiger partial charge in [0.25, 0.3) is 0 Å². The van der Waals surface area contributed by atoms with Crippen LogP contribution in [0.25, 0.3) is 0 Å². The average Bonchev–Trinajstić information content (AvgIpc) is 2.25. The summed E-state index contributed by atoms with van der Waals surface area (Å²) in [6, 6.07) is 1.06. The molecule has 1 fully saturated rings. The first-order valence-electron chi connectivity index (χ1n) is 6.35. The van der Waals surface area contributed by atoms with Gasteiger partial charge in [-0.1, -0.05) is 6.42 Å². The summed E-state index contributed by atoms with van der Waals surface area (Å²) in [7, 11) is 0. The van der Waals surface area contributed by atoms with E-state index in [2.05, 4.69) is 24.1 Å². The minimum Gasteiger partial charge on any atom is -0.370 e. The summed E-state index contributed by atoms with van der Waals surface area (Å²) < 4.78 is 0. The van der Waals surface area contributed by atoms with E-state index in [1.165, 1.54) is 19.3 Å². The molecule has 0 aliphatic carbocycles. The molecular formula is C12H25N3O. The van der Waals surface area contributed by atoms with Gasteiger partial charge in [-0.2, -0.15) is 0 Å². The van der Waals surface area contributed by atoms with E-state index in [-0.39, 0.29) is 5.91 Å². The maximum atomic E-state index is 10.8. The van der Waals surface area contributed by atoms with Crippen molar-refractivity contribution in [3.05, 3.63) is 0 Å². The van der Waals surface area contributed by atoms with Crippen molar-refractivity contribution >= 4 is 5.91 Å². The summed E-state index contributed by atoms with van der Waals surface area (Å²) in [6.07, 6.45) is 4.32. The van der Waals surface area contributed by atoms with Gasteiger partial charge in [0.1, 0.15) is 0 Å². The van der Waals surface area contributed by atoms with Crippen molar-refractivity contribution in [3.8, 4) is 0 Å². The highest BCUT2D eigenvalue weighted by Crippen LogP contribution is 2.10. The van der Waals surface area contributed by atoms with Crippen LogP contribution in [0.3, 0.4) is 0 Å². The number of rotatable bonds is 6. The second-order valence-electron chi connectivity index (χ2n) is 4.95. The number of carbonyl (C=O) groups is 1. The quantitative estimate of drug-likeness (QED) is 0.703. The van der Waals surface area contributed by atoms with Crippen LogP contribution < -0.4 is 11.1 Å². The number of hydrogen-bond donors (Lipinski definition) is 2. The van der Waals surface area contributed by atoms with Crippen molar-refractivity contribution in [2.75, 3.05) is 19.6 Å². The zero-order valence-corrected chi connectivity index (χ0v) is 10.5.